The van der Waals surface area contributed by atoms with E-state index in [1.165, 1.54) is 32.1 Å². The van der Waals surface area contributed by atoms with Gasteiger partial charge in [-0.3, -0.25) is 4.68 Å². The lowest BCUT2D eigenvalue weighted by molar-refractivity contribution is 0.00677. The molecule has 1 saturated carbocycles. The number of aromatic nitrogens is 2. The Labute approximate surface area is 116 Å². The molecule has 0 aromatic carbocycles. The van der Waals surface area contributed by atoms with Crippen molar-refractivity contribution in [2.24, 2.45) is 13.0 Å². The highest BCUT2D eigenvalue weighted by Gasteiger charge is 2.32. The Morgan fingerprint density at radius 3 is 2.68 bits per heavy atom. The zero-order valence-corrected chi connectivity index (χ0v) is 12.4. The van der Waals surface area contributed by atoms with Crippen LogP contribution in [0.3, 0.4) is 0 Å². The third-order valence-corrected chi connectivity index (χ3v) is 4.19. The molecule has 0 amide bonds. The maximum Gasteiger partial charge on any atom is 0.0820 e. The molecule has 0 radical (unpaired) electrons. The van der Waals surface area contributed by atoms with Crippen LogP contribution in [0.2, 0.25) is 0 Å². The van der Waals surface area contributed by atoms with Gasteiger partial charge in [-0.05, 0) is 31.4 Å². The lowest BCUT2D eigenvalue weighted by atomic mass is 9.82. The average molecular weight is 265 g/mol. The molecule has 4 nitrogen and oxygen atoms in total. The molecule has 1 fully saturated rings. The zero-order valence-electron chi connectivity index (χ0n) is 12.4. The number of nitrogens with one attached hydrogen (secondary N) is 1. The normalized spacial score (nSPS) is 20.4. The third kappa shape index (κ3) is 3.57. The average Bonchev–Trinajstić information content (AvgIpc) is 2.86. The molecule has 0 bridgehead atoms. The molecule has 0 spiro atoms. The fourth-order valence-electron chi connectivity index (χ4n) is 3.27. The van der Waals surface area contributed by atoms with Gasteiger partial charge in [-0.2, -0.15) is 5.10 Å². The van der Waals surface area contributed by atoms with Crippen molar-refractivity contribution in [1.29, 1.82) is 0 Å². The van der Waals surface area contributed by atoms with Gasteiger partial charge < -0.3 is 10.1 Å². The minimum atomic E-state index is 0.208. The van der Waals surface area contributed by atoms with Crippen molar-refractivity contribution < 1.29 is 4.74 Å². The van der Waals surface area contributed by atoms with Crippen molar-refractivity contribution in [2.75, 3.05) is 13.7 Å². The number of rotatable bonds is 6. The Balaban J connectivity index is 2.14. The quantitative estimate of drug-likeness (QED) is 0.859. The molecule has 19 heavy (non-hydrogen) atoms. The highest BCUT2D eigenvalue weighted by molar-refractivity contribution is 5.09. The van der Waals surface area contributed by atoms with E-state index in [9.17, 15) is 0 Å². The van der Waals surface area contributed by atoms with Crippen molar-refractivity contribution >= 4 is 0 Å². The van der Waals surface area contributed by atoms with E-state index >= 15 is 0 Å². The molecule has 1 aliphatic carbocycles. The van der Waals surface area contributed by atoms with Crippen LogP contribution < -0.4 is 5.32 Å². The van der Waals surface area contributed by atoms with Gasteiger partial charge in [-0.15, -0.1) is 0 Å². The maximum atomic E-state index is 5.86. The molecule has 0 saturated heterocycles. The minimum absolute atomic E-state index is 0.208. The second kappa shape index (κ2) is 7.06. The summed E-state index contributed by atoms with van der Waals surface area (Å²) in [6.45, 7) is 3.08. The summed E-state index contributed by atoms with van der Waals surface area (Å²) in [7, 11) is 3.81. The highest BCUT2D eigenvalue weighted by Crippen LogP contribution is 2.33. The van der Waals surface area contributed by atoms with Gasteiger partial charge in [-0.25, -0.2) is 0 Å². The van der Waals surface area contributed by atoms with E-state index in [-0.39, 0.29) is 12.1 Å². The van der Waals surface area contributed by atoms with Crippen LogP contribution in [-0.4, -0.2) is 29.5 Å². The number of methoxy groups -OCH3 is 1. The number of nitrogens with zero attached hydrogens (tertiary/aromatic N) is 2. The summed E-state index contributed by atoms with van der Waals surface area (Å²) in [5.41, 5.74) is 1.10. The van der Waals surface area contributed by atoms with E-state index in [1.54, 1.807) is 0 Å². The lowest BCUT2D eigenvalue weighted by Gasteiger charge is -2.34. The van der Waals surface area contributed by atoms with Gasteiger partial charge in [0, 0.05) is 20.4 Å². The summed E-state index contributed by atoms with van der Waals surface area (Å²) in [6.07, 6.45) is 8.86. The molecule has 1 heterocycles. The van der Waals surface area contributed by atoms with Gasteiger partial charge >= 0.3 is 0 Å². The predicted molar refractivity (Wildman–Crippen MR) is 77.0 cm³/mol. The standard InChI is InChI=1S/C15H27N3O/c1-4-16-14(13-10-11-18(2)17-13)15(19-3)12-8-6-5-7-9-12/h10-12,14-16H,4-9H2,1-3H3. The molecule has 0 aliphatic heterocycles. The van der Waals surface area contributed by atoms with Crippen molar-refractivity contribution in [3.8, 4) is 0 Å². The van der Waals surface area contributed by atoms with Crippen LogP contribution in [-0.2, 0) is 11.8 Å². The van der Waals surface area contributed by atoms with E-state index in [2.05, 4.69) is 23.4 Å². The Morgan fingerprint density at radius 1 is 1.42 bits per heavy atom. The number of ether oxygens (including phenoxy) is 1. The maximum absolute atomic E-state index is 5.86. The van der Waals surface area contributed by atoms with Gasteiger partial charge in [0.2, 0.25) is 0 Å². The van der Waals surface area contributed by atoms with Crippen molar-refractivity contribution in [1.82, 2.24) is 15.1 Å². The smallest absolute Gasteiger partial charge is 0.0820 e. The number of hydrogen-bond donors (Lipinski definition) is 1. The van der Waals surface area contributed by atoms with E-state index in [0.717, 1.165) is 12.2 Å². The van der Waals surface area contributed by atoms with Crippen LogP contribution in [0.1, 0.15) is 50.8 Å². The second-order valence-electron chi connectivity index (χ2n) is 5.55. The van der Waals surface area contributed by atoms with E-state index in [4.69, 9.17) is 4.74 Å². The molecule has 1 aliphatic rings. The Bertz CT molecular complexity index is 371. The summed E-state index contributed by atoms with van der Waals surface area (Å²) < 4.78 is 7.72. The molecule has 1 aromatic rings. The van der Waals surface area contributed by atoms with Gasteiger partial charge in [-0.1, -0.05) is 26.2 Å². The summed E-state index contributed by atoms with van der Waals surface area (Å²) >= 11 is 0. The fourth-order valence-corrected chi connectivity index (χ4v) is 3.27. The van der Waals surface area contributed by atoms with Crippen LogP contribution in [0.5, 0.6) is 0 Å². The van der Waals surface area contributed by atoms with Gasteiger partial charge in [0.05, 0.1) is 17.8 Å². The minimum Gasteiger partial charge on any atom is -0.379 e. The summed E-state index contributed by atoms with van der Waals surface area (Å²) in [5, 5.41) is 8.13. The number of likely N-dealkylation sites (N-methyl/N-ethyl adjacent to an activating group) is 1. The first kappa shape index (κ1) is 14.5. The fraction of sp³-hybridized carbons (Fsp3) is 0.800. The van der Waals surface area contributed by atoms with Crippen LogP contribution in [0.25, 0.3) is 0 Å². The Morgan fingerprint density at radius 2 is 2.16 bits per heavy atom. The van der Waals surface area contributed by atoms with E-state index in [0.29, 0.717) is 5.92 Å². The second-order valence-corrected chi connectivity index (χ2v) is 5.55. The molecule has 108 valence electrons. The Hall–Kier alpha value is -0.870. The van der Waals surface area contributed by atoms with Crippen LogP contribution >= 0.6 is 0 Å². The van der Waals surface area contributed by atoms with E-state index in [1.807, 2.05) is 25.0 Å². The Kier molecular flexibility index (Phi) is 5.40. The molecule has 2 atom stereocenters. The third-order valence-electron chi connectivity index (χ3n) is 4.19. The first-order valence-corrected chi connectivity index (χ1v) is 7.52. The number of hydrogen-bond acceptors (Lipinski definition) is 3. The topological polar surface area (TPSA) is 39.1 Å². The summed E-state index contributed by atoms with van der Waals surface area (Å²) in [4.78, 5) is 0. The predicted octanol–water partition coefficient (Wildman–Crippen LogP) is 2.67. The summed E-state index contributed by atoms with van der Waals surface area (Å²) in [6, 6.07) is 2.31. The summed E-state index contributed by atoms with van der Waals surface area (Å²) in [5.74, 6) is 0.657. The zero-order chi connectivity index (χ0) is 13.7. The SMILES string of the molecule is CCNC(c1ccn(C)n1)C(OC)C1CCCCC1. The molecule has 2 rings (SSSR count). The number of aryl methyl sites for hydroxylation is 1. The van der Waals surface area contributed by atoms with Crippen molar-refractivity contribution in [2.45, 2.75) is 51.2 Å². The lowest BCUT2D eigenvalue weighted by Crippen LogP contribution is -2.39. The molecule has 1 aromatic heterocycles. The van der Waals surface area contributed by atoms with E-state index < -0.39 is 0 Å². The molecular weight excluding hydrogens is 238 g/mol. The largest absolute Gasteiger partial charge is 0.379 e. The van der Waals surface area contributed by atoms with Crippen LogP contribution in [0.15, 0.2) is 12.3 Å². The monoisotopic (exact) mass is 265 g/mol. The molecule has 4 heteroatoms. The molecule has 1 N–H and O–H groups in total. The van der Waals surface area contributed by atoms with Gasteiger partial charge in [0.15, 0.2) is 0 Å². The highest BCUT2D eigenvalue weighted by atomic mass is 16.5. The first-order chi connectivity index (χ1) is 9.26. The van der Waals surface area contributed by atoms with Gasteiger partial charge in [0.25, 0.3) is 0 Å². The van der Waals surface area contributed by atoms with Crippen LogP contribution in [0, 0.1) is 5.92 Å². The first-order valence-electron chi connectivity index (χ1n) is 7.52. The van der Waals surface area contributed by atoms with Crippen molar-refractivity contribution in [3.63, 3.8) is 0 Å². The van der Waals surface area contributed by atoms with Crippen molar-refractivity contribution in [3.05, 3.63) is 18.0 Å². The van der Waals surface area contributed by atoms with Crippen LogP contribution in [0.4, 0.5) is 0 Å². The van der Waals surface area contributed by atoms with Gasteiger partial charge in [0.1, 0.15) is 0 Å². The molecular formula is C15H27N3O. The molecule has 2 unspecified atom stereocenters.